The van der Waals surface area contributed by atoms with E-state index in [1.54, 1.807) is 6.20 Å². The first kappa shape index (κ1) is 9.12. The van der Waals surface area contributed by atoms with Crippen molar-refractivity contribution in [1.29, 1.82) is 0 Å². The van der Waals surface area contributed by atoms with E-state index in [4.69, 9.17) is 0 Å². The van der Waals surface area contributed by atoms with Crippen LogP contribution in [0.2, 0.25) is 0 Å². The summed E-state index contributed by atoms with van der Waals surface area (Å²) >= 11 is 0. The molecule has 1 N–H and O–H groups in total. The van der Waals surface area contributed by atoms with E-state index in [9.17, 15) is 4.39 Å². The Morgan fingerprint density at radius 1 is 1.43 bits per heavy atom. The van der Waals surface area contributed by atoms with E-state index < -0.39 is 5.67 Å². The van der Waals surface area contributed by atoms with Crippen LogP contribution in [0.5, 0.6) is 0 Å². The summed E-state index contributed by atoms with van der Waals surface area (Å²) in [6.07, 6.45) is 1.72. The van der Waals surface area contributed by atoms with E-state index in [0.29, 0.717) is 11.5 Å². The van der Waals surface area contributed by atoms with Gasteiger partial charge in [-0.3, -0.25) is 0 Å². The zero-order valence-corrected chi connectivity index (χ0v) is 8.43. The van der Waals surface area contributed by atoms with Gasteiger partial charge < -0.3 is 4.98 Å². The highest BCUT2D eigenvalue weighted by atomic mass is 19.1. The third-order valence-corrected chi connectivity index (χ3v) is 2.04. The van der Waals surface area contributed by atoms with Crippen LogP contribution in [0.15, 0.2) is 12.3 Å². The minimum absolute atomic E-state index is 0.325. The maximum absolute atomic E-state index is 13.5. The van der Waals surface area contributed by atoms with Crippen molar-refractivity contribution in [2.45, 2.75) is 26.4 Å². The number of H-pyrrole nitrogens is 1. The maximum Gasteiger partial charge on any atom is 0.177 e. The number of fused-ring (bicyclic) bond motifs is 1. The van der Waals surface area contributed by atoms with E-state index in [1.165, 1.54) is 13.8 Å². The van der Waals surface area contributed by atoms with Crippen LogP contribution in [0.3, 0.4) is 0 Å². The summed E-state index contributed by atoms with van der Waals surface area (Å²) in [5, 5.41) is 0. The molecule has 0 bridgehead atoms. The summed E-state index contributed by atoms with van der Waals surface area (Å²) in [5.41, 5.74) is 0.931. The molecule has 0 saturated heterocycles. The van der Waals surface area contributed by atoms with Gasteiger partial charge in [0.2, 0.25) is 0 Å². The number of imidazole rings is 1. The number of halogens is 1. The minimum atomic E-state index is -1.45. The van der Waals surface area contributed by atoms with Gasteiger partial charge in [0.1, 0.15) is 5.82 Å². The number of nitrogens with one attached hydrogen (secondary N) is 1. The topological polar surface area (TPSA) is 41.6 Å². The molecule has 0 radical (unpaired) electrons. The van der Waals surface area contributed by atoms with E-state index >= 15 is 0 Å². The van der Waals surface area contributed by atoms with Crippen LogP contribution in [0, 0.1) is 6.92 Å². The number of nitrogens with zero attached hydrogens (tertiary/aromatic N) is 2. The molecule has 0 spiro atoms. The van der Waals surface area contributed by atoms with Crippen molar-refractivity contribution in [3.63, 3.8) is 0 Å². The van der Waals surface area contributed by atoms with Crippen LogP contribution in [-0.4, -0.2) is 15.0 Å². The van der Waals surface area contributed by atoms with Crippen LogP contribution >= 0.6 is 0 Å². The third-order valence-electron chi connectivity index (χ3n) is 2.04. The predicted octanol–water partition coefficient (Wildman–Crippen LogP) is 2.47. The fourth-order valence-electron chi connectivity index (χ4n) is 1.29. The molecule has 0 aliphatic carbocycles. The first-order valence-corrected chi connectivity index (χ1v) is 4.48. The Hall–Kier alpha value is -1.45. The lowest BCUT2D eigenvalue weighted by atomic mass is 10.2. The normalized spacial score (nSPS) is 12.3. The lowest BCUT2D eigenvalue weighted by Gasteiger charge is -2.08. The quantitative estimate of drug-likeness (QED) is 0.755. The molecule has 0 amide bonds. The van der Waals surface area contributed by atoms with Gasteiger partial charge in [-0.2, -0.15) is 0 Å². The molecule has 2 aromatic rings. The van der Waals surface area contributed by atoms with E-state index in [0.717, 1.165) is 11.1 Å². The molecule has 0 aliphatic heterocycles. The average molecular weight is 193 g/mol. The number of aromatic amines is 1. The van der Waals surface area contributed by atoms with Gasteiger partial charge in [0.15, 0.2) is 11.3 Å². The van der Waals surface area contributed by atoms with Crippen molar-refractivity contribution in [3.05, 3.63) is 23.7 Å². The SMILES string of the molecule is Cc1cnc2nc(C(C)(C)F)[nH]c2c1. The number of alkyl halides is 1. The van der Waals surface area contributed by atoms with Crippen molar-refractivity contribution >= 4 is 11.2 Å². The van der Waals surface area contributed by atoms with Crippen molar-refractivity contribution in [2.24, 2.45) is 0 Å². The fourth-order valence-corrected chi connectivity index (χ4v) is 1.29. The lowest BCUT2D eigenvalue weighted by molar-refractivity contribution is 0.208. The molecule has 0 aliphatic rings. The van der Waals surface area contributed by atoms with Crippen LogP contribution in [0.1, 0.15) is 25.2 Å². The van der Waals surface area contributed by atoms with Gasteiger partial charge in [-0.15, -0.1) is 0 Å². The molecule has 0 fully saturated rings. The number of aromatic nitrogens is 3. The summed E-state index contributed by atoms with van der Waals surface area (Å²) < 4.78 is 13.5. The van der Waals surface area contributed by atoms with E-state index in [-0.39, 0.29) is 0 Å². The lowest BCUT2D eigenvalue weighted by Crippen LogP contribution is -2.10. The molecule has 2 rings (SSSR count). The van der Waals surface area contributed by atoms with Crippen LogP contribution in [0.25, 0.3) is 11.2 Å². The molecule has 0 aromatic carbocycles. The highest BCUT2D eigenvalue weighted by Crippen LogP contribution is 2.23. The van der Waals surface area contributed by atoms with Gasteiger partial charge in [-0.1, -0.05) is 0 Å². The predicted molar refractivity (Wildman–Crippen MR) is 52.8 cm³/mol. The molecule has 0 unspecified atom stereocenters. The Labute approximate surface area is 81.4 Å². The summed E-state index contributed by atoms with van der Waals surface area (Å²) in [6, 6.07) is 1.91. The van der Waals surface area contributed by atoms with Crippen molar-refractivity contribution in [3.8, 4) is 0 Å². The maximum atomic E-state index is 13.5. The Balaban J connectivity index is 2.63. The molecule has 3 nitrogen and oxygen atoms in total. The summed E-state index contributed by atoms with van der Waals surface area (Å²) in [5.74, 6) is 0.325. The standard InChI is InChI=1S/C10H12FN3/c1-6-4-7-8(12-5-6)14-9(13-7)10(2,3)11/h4-5H,1-3H3,(H,12,13,14). The van der Waals surface area contributed by atoms with Crippen LogP contribution in [0.4, 0.5) is 4.39 Å². The monoisotopic (exact) mass is 193 g/mol. The van der Waals surface area contributed by atoms with E-state index in [1.807, 2.05) is 13.0 Å². The second kappa shape index (κ2) is 2.77. The molecule has 0 atom stereocenters. The fraction of sp³-hybridized carbons (Fsp3) is 0.400. The smallest absolute Gasteiger partial charge is 0.177 e. The highest BCUT2D eigenvalue weighted by Gasteiger charge is 2.23. The molecule has 2 heterocycles. The third kappa shape index (κ3) is 1.47. The number of aryl methyl sites for hydroxylation is 1. The van der Waals surface area contributed by atoms with Gasteiger partial charge in [0.05, 0.1) is 5.52 Å². The molecule has 2 aromatic heterocycles. The second-order valence-corrected chi connectivity index (χ2v) is 3.94. The van der Waals surface area contributed by atoms with Gasteiger partial charge in [-0.05, 0) is 32.4 Å². The van der Waals surface area contributed by atoms with Crippen molar-refractivity contribution < 1.29 is 4.39 Å². The first-order valence-electron chi connectivity index (χ1n) is 4.48. The number of pyridine rings is 1. The number of hydrogen-bond acceptors (Lipinski definition) is 2. The zero-order valence-electron chi connectivity index (χ0n) is 8.43. The van der Waals surface area contributed by atoms with Crippen molar-refractivity contribution in [1.82, 2.24) is 15.0 Å². The summed E-state index contributed by atoms with van der Waals surface area (Å²) in [7, 11) is 0. The Bertz CT molecular complexity index is 468. The van der Waals surface area contributed by atoms with E-state index in [2.05, 4.69) is 15.0 Å². The summed E-state index contributed by atoms with van der Waals surface area (Å²) in [6.45, 7) is 4.88. The molecular formula is C10H12FN3. The number of hydrogen-bond donors (Lipinski definition) is 1. The second-order valence-electron chi connectivity index (χ2n) is 3.94. The first-order chi connectivity index (χ1) is 6.47. The largest absolute Gasteiger partial charge is 0.338 e. The number of rotatable bonds is 1. The van der Waals surface area contributed by atoms with Gasteiger partial charge >= 0.3 is 0 Å². The molecule has 0 saturated carbocycles. The van der Waals surface area contributed by atoms with Crippen LogP contribution < -0.4 is 0 Å². The van der Waals surface area contributed by atoms with Gasteiger partial charge in [0.25, 0.3) is 0 Å². The Kier molecular flexibility index (Phi) is 1.80. The Morgan fingerprint density at radius 3 is 2.79 bits per heavy atom. The molecule has 74 valence electrons. The van der Waals surface area contributed by atoms with Crippen molar-refractivity contribution in [2.75, 3.05) is 0 Å². The van der Waals surface area contributed by atoms with Gasteiger partial charge in [-0.25, -0.2) is 14.4 Å². The molecule has 4 heteroatoms. The highest BCUT2D eigenvalue weighted by molar-refractivity contribution is 5.71. The average Bonchev–Trinajstić information content (AvgIpc) is 2.45. The minimum Gasteiger partial charge on any atom is -0.338 e. The van der Waals surface area contributed by atoms with Crippen LogP contribution in [-0.2, 0) is 5.67 Å². The molecular weight excluding hydrogens is 181 g/mol. The molecule has 14 heavy (non-hydrogen) atoms. The van der Waals surface area contributed by atoms with Gasteiger partial charge in [0, 0.05) is 6.20 Å². The Morgan fingerprint density at radius 2 is 2.14 bits per heavy atom. The zero-order chi connectivity index (χ0) is 10.3. The summed E-state index contributed by atoms with van der Waals surface area (Å²) in [4.78, 5) is 11.1.